The first kappa shape index (κ1) is 34.4. The van der Waals surface area contributed by atoms with Crippen LogP contribution < -0.4 is 0 Å². The number of nitro groups is 1. The van der Waals surface area contributed by atoms with Crippen molar-refractivity contribution < 1.29 is 33.9 Å². The fourth-order valence-electron chi connectivity index (χ4n) is 7.70. The van der Waals surface area contributed by atoms with E-state index in [0.29, 0.717) is 16.7 Å². The smallest absolute Gasteiger partial charge is 0.334 e. The van der Waals surface area contributed by atoms with Gasteiger partial charge in [0, 0.05) is 33.6 Å². The number of hydrogen-bond acceptors (Lipinski definition) is 9. The monoisotopic (exact) mass is 704 g/mol. The molecule has 0 saturated carbocycles. The minimum absolute atomic E-state index is 0.0861. The molecule has 2 fully saturated rings. The molecule has 2 heterocycles. The van der Waals surface area contributed by atoms with Gasteiger partial charge in [-0.15, -0.1) is 11.8 Å². The Labute approximate surface area is 299 Å². The standard InChI is InChI=1S/C40H36N2O8S/c1-38(2)35(40(46,29-16-10-5-11-17-29)50-25-26-12-6-3-7-13-26)41-36(45)39(37(41)51-38)23-22-31(32(39)33(43)28-14-8-4-9-15-28)34(44)49-24-27-18-20-30(21-19-27)42(47)48/h3-22,32,35,37,46H,23-25H2,1-2H3/t32?,35-,37-,39?,40?/m1/s1. The van der Waals surface area contributed by atoms with Crippen molar-refractivity contribution in [3.63, 3.8) is 0 Å². The van der Waals surface area contributed by atoms with Crippen LogP contribution in [0.2, 0.25) is 0 Å². The molecule has 2 aliphatic heterocycles. The van der Waals surface area contributed by atoms with Gasteiger partial charge >= 0.3 is 5.97 Å². The Morgan fingerprint density at radius 2 is 1.49 bits per heavy atom. The third kappa shape index (κ3) is 5.85. The first-order valence-electron chi connectivity index (χ1n) is 16.6. The fraction of sp³-hybridized carbons (Fsp3) is 0.275. The summed E-state index contributed by atoms with van der Waals surface area (Å²) in [5, 5.41) is 23.1. The fourth-order valence-corrected chi connectivity index (χ4v) is 9.55. The molecule has 0 aromatic heterocycles. The third-order valence-electron chi connectivity index (χ3n) is 10.1. The van der Waals surface area contributed by atoms with Crippen molar-refractivity contribution in [2.75, 3.05) is 0 Å². The number of thioether (sulfide) groups is 1. The van der Waals surface area contributed by atoms with E-state index in [4.69, 9.17) is 9.47 Å². The van der Waals surface area contributed by atoms with Crippen LogP contribution in [0.4, 0.5) is 5.69 Å². The van der Waals surface area contributed by atoms with Gasteiger partial charge in [0.1, 0.15) is 12.6 Å². The van der Waals surface area contributed by atoms with Crippen LogP contribution in [-0.4, -0.2) is 48.8 Å². The number of ketones is 1. The van der Waals surface area contributed by atoms with Gasteiger partial charge in [0.25, 0.3) is 5.69 Å². The van der Waals surface area contributed by atoms with Crippen molar-refractivity contribution in [3.8, 4) is 0 Å². The van der Waals surface area contributed by atoms with Crippen LogP contribution in [0.15, 0.2) is 127 Å². The number of ether oxygens (including phenoxy) is 2. The summed E-state index contributed by atoms with van der Waals surface area (Å²) < 4.78 is 11.3. The number of Topliss-reactive ketones (excluding diaryl/α,β-unsaturated/α-hetero) is 1. The summed E-state index contributed by atoms with van der Waals surface area (Å²) in [5.41, 5.74) is 0.934. The maximum atomic E-state index is 14.9. The van der Waals surface area contributed by atoms with Gasteiger partial charge < -0.3 is 19.5 Å². The number of esters is 1. The number of nitro benzene ring substituents is 1. The first-order valence-corrected chi connectivity index (χ1v) is 17.5. The number of nitrogens with zero attached hydrogens (tertiary/aromatic N) is 2. The Hall–Kier alpha value is -5.10. The maximum Gasteiger partial charge on any atom is 0.334 e. The highest BCUT2D eigenvalue weighted by Gasteiger charge is 2.77. The van der Waals surface area contributed by atoms with E-state index in [1.165, 1.54) is 36.0 Å². The largest absolute Gasteiger partial charge is 0.457 e. The molecule has 11 heteroatoms. The van der Waals surface area contributed by atoms with Gasteiger partial charge in [-0.2, -0.15) is 0 Å². The minimum Gasteiger partial charge on any atom is -0.457 e. The molecule has 4 aromatic rings. The molecule has 1 aliphatic carbocycles. The van der Waals surface area contributed by atoms with Crippen molar-refractivity contribution in [2.24, 2.45) is 11.3 Å². The number of fused-ring (bicyclic) bond motifs is 2. The highest BCUT2D eigenvalue weighted by atomic mass is 32.2. The molecular formula is C40H36N2O8S. The Balaban J connectivity index is 1.22. The Kier molecular flexibility index (Phi) is 8.91. The number of non-ortho nitro benzene ring substituents is 1. The zero-order chi connectivity index (χ0) is 36.0. The molecule has 7 rings (SSSR count). The molecule has 1 spiro atoms. The van der Waals surface area contributed by atoms with E-state index in [2.05, 4.69) is 0 Å². The molecule has 51 heavy (non-hydrogen) atoms. The lowest BCUT2D eigenvalue weighted by atomic mass is 9.64. The van der Waals surface area contributed by atoms with Crippen LogP contribution in [0.25, 0.3) is 0 Å². The summed E-state index contributed by atoms with van der Waals surface area (Å²) in [7, 11) is 0. The lowest BCUT2D eigenvalue weighted by Gasteiger charge is -2.56. The highest BCUT2D eigenvalue weighted by Crippen LogP contribution is 2.68. The predicted molar refractivity (Wildman–Crippen MR) is 190 cm³/mol. The minimum atomic E-state index is -1.92. The molecule has 0 bridgehead atoms. The van der Waals surface area contributed by atoms with E-state index in [0.717, 1.165) is 5.56 Å². The molecule has 2 saturated heterocycles. The Morgan fingerprint density at radius 3 is 2.12 bits per heavy atom. The van der Waals surface area contributed by atoms with Crippen LogP contribution in [-0.2, 0) is 38.1 Å². The van der Waals surface area contributed by atoms with Gasteiger partial charge in [0.05, 0.1) is 28.2 Å². The van der Waals surface area contributed by atoms with Crippen LogP contribution in [0.3, 0.4) is 0 Å². The lowest BCUT2D eigenvalue weighted by molar-refractivity contribution is -0.384. The normalized spacial score (nSPS) is 24.3. The van der Waals surface area contributed by atoms with E-state index >= 15 is 0 Å². The van der Waals surface area contributed by atoms with Gasteiger partial charge in [0.2, 0.25) is 11.7 Å². The summed E-state index contributed by atoms with van der Waals surface area (Å²) in [6, 6.07) is 31.9. The zero-order valence-corrected chi connectivity index (χ0v) is 28.8. The van der Waals surface area contributed by atoms with Crippen molar-refractivity contribution in [1.82, 2.24) is 4.90 Å². The second-order valence-corrected chi connectivity index (χ2v) is 15.3. The van der Waals surface area contributed by atoms with Crippen LogP contribution in [0, 0.1) is 21.4 Å². The number of rotatable bonds is 11. The molecular weight excluding hydrogens is 669 g/mol. The van der Waals surface area contributed by atoms with Crippen molar-refractivity contribution in [2.45, 2.75) is 55.4 Å². The second-order valence-electron chi connectivity index (χ2n) is 13.6. The number of benzene rings is 4. The second kappa shape index (κ2) is 13.2. The van der Waals surface area contributed by atoms with E-state index in [9.17, 15) is 29.6 Å². The molecule has 260 valence electrons. The van der Waals surface area contributed by atoms with E-state index in [1.807, 2.05) is 62.4 Å². The van der Waals surface area contributed by atoms with Crippen LogP contribution >= 0.6 is 11.8 Å². The molecule has 1 N–H and O–H groups in total. The average Bonchev–Trinajstić information content (AvgIpc) is 3.70. The quantitative estimate of drug-likeness (QED) is 0.0459. The number of hydrogen-bond donors (Lipinski definition) is 1. The van der Waals surface area contributed by atoms with Gasteiger partial charge in [0.15, 0.2) is 5.78 Å². The number of aliphatic hydroxyl groups is 1. The van der Waals surface area contributed by atoms with E-state index in [-0.39, 0.29) is 42.6 Å². The first-order chi connectivity index (χ1) is 24.5. The van der Waals surface area contributed by atoms with E-state index < -0.39 is 44.2 Å². The molecule has 5 atom stereocenters. The number of allylic oxidation sites excluding steroid dienone is 1. The average molecular weight is 705 g/mol. The van der Waals surface area contributed by atoms with Crippen LogP contribution in [0.1, 0.15) is 47.3 Å². The summed E-state index contributed by atoms with van der Waals surface area (Å²) in [6.45, 7) is 3.82. The van der Waals surface area contributed by atoms with Crippen molar-refractivity contribution in [3.05, 3.63) is 159 Å². The van der Waals surface area contributed by atoms with Gasteiger partial charge in [-0.25, -0.2) is 4.79 Å². The molecule has 3 unspecified atom stereocenters. The van der Waals surface area contributed by atoms with Crippen LogP contribution in [0.5, 0.6) is 0 Å². The molecule has 1 amide bonds. The Morgan fingerprint density at radius 1 is 0.902 bits per heavy atom. The summed E-state index contributed by atoms with van der Waals surface area (Å²) in [5.74, 6) is -4.53. The topological polar surface area (TPSA) is 136 Å². The summed E-state index contributed by atoms with van der Waals surface area (Å²) >= 11 is 1.49. The molecule has 10 nitrogen and oxygen atoms in total. The molecule has 0 radical (unpaired) electrons. The maximum absolute atomic E-state index is 14.9. The van der Waals surface area contributed by atoms with Gasteiger partial charge in [-0.3, -0.25) is 19.7 Å². The molecule has 4 aromatic carbocycles. The third-order valence-corrected chi connectivity index (χ3v) is 11.8. The van der Waals surface area contributed by atoms with E-state index in [1.54, 1.807) is 53.4 Å². The van der Waals surface area contributed by atoms with Crippen molar-refractivity contribution >= 4 is 35.1 Å². The summed E-state index contributed by atoms with van der Waals surface area (Å²) in [6.07, 6.45) is 1.76. The van der Waals surface area contributed by atoms with Gasteiger partial charge in [-0.1, -0.05) is 97.1 Å². The predicted octanol–water partition coefficient (Wildman–Crippen LogP) is 6.58. The number of carbonyl (C=O) groups excluding carboxylic acids is 3. The Bertz CT molecular complexity index is 2000. The highest BCUT2D eigenvalue weighted by molar-refractivity contribution is 8.01. The number of β-lactam (4-membered cyclic amide) rings is 1. The number of carbonyl (C=O) groups is 3. The van der Waals surface area contributed by atoms with Gasteiger partial charge in [-0.05, 0) is 43.5 Å². The van der Waals surface area contributed by atoms with Crippen molar-refractivity contribution in [1.29, 1.82) is 0 Å². The SMILES string of the molecule is CC1(C)S[C@H]2N(C(=O)C23CC=C(C(=O)OCc2ccc([N+](=O)[O-])cc2)C3C(=O)c2ccccc2)[C@H]1C(O)(OCc1ccccc1)c1ccccc1. The zero-order valence-electron chi connectivity index (χ0n) is 28.0. The molecule has 3 aliphatic rings. The summed E-state index contributed by atoms with van der Waals surface area (Å²) in [4.78, 5) is 55.3. The number of amides is 1. The lowest BCUT2D eigenvalue weighted by Crippen LogP contribution is -2.73.